The molecular formula is C20H22FN5. The second-order valence-electron chi connectivity index (χ2n) is 6.24. The number of benzene rings is 1. The summed E-state index contributed by atoms with van der Waals surface area (Å²) in [6.45, 7) is 5.91. The molecule has 2 aromatic heterocycles. The maximum absolute atomic E-state index is 13.8. The van der Waals surface area contributed by atoms with Crippen molar-refractivity contribution < 1.29 is 4.39 Å². The molecule has 134 valence electrons. The molecule has 2 heterocycles. The number of nitrogens with one attached hydrogen (secondary N) is 2. The van der Waals surface area contributed by atoms with Crippen molar-refractivity contribution in [2.75, 3.05) is 10.6 Å². The van der Waals surface area contributed by atoms with Crippen molar-refractivity contribution in [2.24, 2.45) is 0 Å². The minimum atomic E-state index is -0.253. The van der Waals surface area contributed by atoms with Gasteiger partial charge in [-0.15, -0.1) is 0 Å². The van der Waals surface area contributed by atoms with Crippen LogP contribution in [0.4, 0.5) is 21.8 Å². The summed E-state index contributed by atoms with van der Waals surface area (Å²) in [7, 11) is 0. The summed E-state index contributed by atoms with van der Waals surface area (Å²) in [6, 6.07) is 10.9. The number of hydrogen-bond donors (Lipinski definition) is 2. The summed E-state index contributed by atoms with van der Waals surface area (Å²) in [5.74, 6) is 0.876. The van der Waals surface area contributed by atoms with Crippen molar-refractivity contribution in [2.45, 2.75) is 33.2 Å². The Kier molecular flexibility index (Phi) is 5.41. The Bertz CT molecular complexity index is 883. The normalized spacial score (nSPS) is 11.8. The second-order valence-corrected chi connectivity index (χ2v) is 6.24. The van der Waals surface area contributed by atoms with E-state index in [0.29, 0.717) is 23.0 Å². The summed E-state index contributed by atoms with van der Waals surface area (Å²) >= 11 is 0. The minimum Gasteiger partial charge on any atom is -0.352 e. The molecular weight excluding hydrogens is 329 g/mol. The van der Waals surface area contributed by atoms with Crippen LogP contribution in [0.25, 0.3) is 11.3 Å². The van der Waals surface area contributed by atoms with Crippen LogP contribution in [0.1, 0.15) is 25.8 Å². The van der Waals surface area contributed by atoms with Crippen LogP contribution in [-0.4, -0.2) is 21.0 Å². The van der Waals surface area contributed by atoms with Gasteiger partial charge in [0.25, 0.3) is 0 Å². The highest BCUT2D eigenvalue weighted by molar-refractivity contribution is 5.67. The van der Waals surface area contributed by atoms with Crippen LogP contribution in [0.15, 0.2) is 48.8 Å². The topological polar surface area (TPSA) is 62.7 Å². The molecule has 6 heteroatoms. The molecule has 26 heavy (non-hydrogen) atoms. The van der Waals surface area contributed by atoms with Gasteiger partial charge in [-0.25, -0.2) is 9.37 Å². The smallest absolute Gasteiger partial charge is 0.225 e. The molecule has 0 amide bonds. The van der Waals surface area contributed by atoms with Crippen molar-refractivity contribution in [3.63, 3.8) is 0 Å². The summed E-state index contributed by atoms with van der Waals surface area (Å²) in [5, 5.41) is 6.46. The van der Waals surface area contributed by atoms with Gasteiger partial charge in [-0.05, 0) is 50.1 Å². The molecule has 3 rings (SSSR count). The van der Waals surface area contributed by atoms with E-state index in [2.05, 4.69) is 39.4 Å². The van der Waals surface area contributed by atoms with Gasteiger partial charge >= 0.3 is 0 Å². The van der Waals surface area contributed by atoms with Gasteiger partial charge < -0.3 is 10.6 Å². The molecule has 0 fully saturated rings. The summed E-state index contributed by atoms with van der Waals surface area (Å²) in [4.78, 5) is 13.2. The van der Waals surface area contributed by atoms with E-state index in [4.69, 9.17) is 0 Å². The zero-order valence-electron chi connectivity index (χ0n) is 15.1. The van der Waals surface area contributed by atoms with Crippen LogP contribution < -0.4 is 10.6 Å². The molecule has 0 aliphatic carbocycles. The zero-order chi connectivity index (χ0) is 18.5. The van der Waals surface area contributed by atoms with Crippen molar-refractivity contribution in [3.8, 4) is 11.3 Å². The molecule has 3 aromatic rings. The van der Waals surface area contributed by atoms with E-state index in [1.165, 1.54) is 6.07 Å². The van der Waals surface area contributed by atoms with Crippen molar-refractivity contribution in [3.05, 3.63) is 60.2 Å². The zero-order valence-corrected chi connectivity index (χ0v) is 15.1. The van der Waals surface area contributed by atoms with Crippen molar-refractivity contribution >= 4 is 17.5 Å². The molecule has 1 aromatic carbocycles. The Labute approximate surface area is 152 Å². The highest BCUT2D eigenvalue weighted by Gasteiger charge is 2.10. The minimum absolute atomic E-state index is 0.243. The monoisotopic (exact) mass is 351 g/mol. The highest BCUT2D eigenvalue weighted by Crippen LogP contribution is 2.24. The molecule has 0 saturated heterocycles. The van der Waals surface area contributed by atoms with Crippen LogP contribution in [0, 0.1) is 12.7 Å². The third kappa shape index (κ3) is 4.33. The molecule has 0 unspecified atom stereocenters. The van der Waals surface area contributed by atoms with Crippen LogP contribution in [-0.2, 0) is 0 Å². The highest BCUT2D eigenvalue weighted by atomic mass is 19.1. The van der Waals surface area contributed by atoms with Crippen LogP contribution >= 0.6 is 0 Å². The van der Waals surface area contributed by atoms with Gasteiger partial charge in [0.15, 0.2) is 0 Å². The van der Waals surface area contributed by atoms with Gasteiger partial charge in [-0.2, -0.15) is 4.98 Å². The van der Waals surface area contributed by atoms with Crippen LogP contribution in [0.2, 0.25) is 0 Å². The third-order valence-electron chi connectivity index (χ3n) is 4.13. The van der Waals surface area contributed by atoms with Gasteiger partial charge in [0.2, 0.25) is 5.95 Å². The first-order valence-corrected chi connectivity index (χ1v) is 8.64. The lowest BCUT2D eigenvalue weighted by Crippen LogP contribution is -2.16. The first kappa shape index (κ1) is 17.8. The maximum Gasteiger partial charge on any atom is 0.225 e. The lowest BCUT2D eigenvalue weighted by Gasteiger charge is -2.15. The van der Waals surface area contributed by atoms with Gasteiger partial charge in [0.1, 0.15) is 11.6 Å². The van der Waals surface area contributed by atoms with Crippen LogP contribution in [0.5, 0.6) is 0 Å². The maximum atomic E-state index is 13.8. The molecule has 0 spiro atoms. The lowest BCUT2D eigenvalue weighted by molar-refractivity contribution is 0.619. The summed E-state index contributed by atoms with van der Waals surface area (Å²) in [6.07, 6.45) is 4.40. The Morgan fingerprint density at radius 3 is 2.54 bits per heavy atom. The largest absolute Gasteiger partial charge is 0.352 e. The fourth-order valence-electron chi connectivity index (χ4n) is 2.39. The Hall–Kier alpha value is -3.02. The molecule has 0 radical (unpaired) electrons. The van der Waals surface area contributed by atoms with Gasteiger partial charge in [0, 0.05) is 35.8 Å². The average Bonchev–Trinajstić information content (AvgIpc) is 2.65. The number of aryl methyl sites for hydroxylation is 1. The third-order valence-corrected chi connectivity index (χ3v) is 4.13. The number of hydrogen-bond acceptors (Lipinski definition) is 5. The van der Waals surface area contributed by atoms with E-state index in [-0.39, 0.29) is 11.9 Å². The lowest BCUT2D eigenvalue weighted by atomic mass is 10.2. The molecule has 0 saturated carbocycles. The Balaban J connectivity index is 1.97. The number of rotatable bonds is 6. The van der Waals surface area contributed by atoms with Crippen molar-refractivity contribution in [1.82, 2.24) is 15.0 Å². The Morgan fingerprint density at radius 1 is 1.08 bits per heavy atom. The number of nitrogens with zero attached hydrogens (tertiary/aromatic N) is 3. The molecule has 5 nitrogen and oxygen atoms in total. The van der Waals surface area contributed by atoms with E-state index in [1.54, 1.807) is 25.4 Å². The van der Waals surface area contributed by atoms with E-state index >= 15 is 0 Å². The van der Waals surface area contributed by atoms with E-state index < -0.39 is 0 Å². The van der Waals surface area contributed by atoms with Gasteiger partial charge in [-0.1, -0.05) is 13.0 Å². The number of pyridine rings is 1. The first-order chi connectivity index (χ1) is 12.5. The fraction of sp³-hybridized carbons (Fsp3) is 0.250. The summed E-state index contributed by atoms with van der Waals surface area (Å²) in [5.41, 5.74) is 2.95. The quantitative estimate of drug-likeness (QED) is 0.658. The van der Waals surface area contributed by atoms with E-state index in [0.717, 1.165) is 17.7 Å². The van der Waals surface area contributed by atoms with Gasteiger partial charge in [-0.3, -0.25) is 4.98 Å². The molecule has 0 bridgehead atoms. The molecule has 0 aliphatic heterocycles. The van der Waals surface area contributed by atoms with E-state index in [1.807, 2.05) is 24.3 Å². The first-order valence-electron chi connectivity index (χ1n) is 8.64. The second kappa shape index (κ2) is 7.91. The fourth-order valence-corrected chi connectivity index (χ4v) is 2.39. The SMILES string of the molecule is CC[C@@H](C)Nc1nc(Nc2ccc(C)c(F)c2)cc(-c2ccncc2)n1. The summed E-state index contributed by atoms with van der Waals surface area (Å²) < 4.78 is 13.8. The molecule has 0 aliphatic rings. The van der Waals surface area contributed by atoms with Crippen molar-refractivity contribution in [1.29, 1.82) is 0 Å². The number of anilines is 3. The van der Waals surface area contributed by atoms with Crippen LogP contribution in [0.3, 0.4) is 0 Å². The average molecular weight is 351 g/mol. The predicted octanol–water partition coefficient (Wildman–Crippen LogP) is 4.94. The number of aromatic nitrogens is 3. The van der Waals surface area contributed by atoms with Gasteiger partial charge in [0.05, 0.1) is 5.69 Å². The molecule has 2 N–H and O–H groups in total. The predicted molar refractivity (Wildman–Crippen MR) is 103 cm³/mol. The Morgan fingerprint density at radius 2 is 1.85 bits per heavy atom. The molecule has 1 atom stereocenters. The van der Waals surface area contributed by atoms with E-state index in [9.17, 15) is 4.39 Å². The standard InChI is InChI=1S/C20H22FN5/c1-4-14(3)23-20-25-18(15-7-9-22-10-8-15)12-19(26-20)24-16-6-5-13(2)17(21)11-16/h5-12,14H,4H2,1-3H3,(H2,23,24,25,26)/t14-/m1/s1. The number of halogens is 1.